The third-order valence-electron chi connectivity index (χ3n) is 5.30. The Bertz CT molecular complexity index is 1160. The van der Waals surface area contributed by atoms with Gasteiger partial charge in [-0.1, -0.05) is 18.2 Å². The summed E-state index contributed by atoms with van der Waals surface area (Å²) in [5, 5.41) is 11.8. The van der Waals surface area contributed by atoms with Crippen LogP contribution in [0.25, 0.3) is 10.9 Å². The molecule has 164 valence electrons. The number of pyridine rings is 1. The van der Waals surface area contributed by atoms with Crippen LogP contribution in [0, 0.1) is 11.6 Å². The summed E-state index contributed by atoms with van der Waals surface area (Å²) in [5.41, 5.74) is 1.88. The molecule has 0 spiro atoms. The second-order valence-corrected chi connectivity index (χ2v) is 7.93. The zero-order valence-corrected chi connectivity index (χ0v) is 20.7. The van der Waals surface area contributed by atoms with Gasteiger partial charge in [0.25, 0.3) is 0 Å². The first-order valence-electron chi connectivity index (χ1n) is 10.2. The number of aromatic nitrogens is 1. The normalized spacial score (nSPS) is 11.0. The number of aliphatic carboxylic acids is 1. The Labute approximate surface area is 208 Å². The summed E-state index contributed by atoms with van der Waals surface area (Å²) in [6.45, 7) is 0.474. The Morgan fingerprint density at radius 2 is 1.81 bits per heavy atom. The molecule has 8 heteroatoms. The van der Waals surface area contributed by atoms with E-state index in [1.54, 1.807) is 6.07 Å². The number of benzene rings is 2. The van der Waals surface area contributed by atoms with Crippen LogP contribution in [0.2, 0.25) is 0 Å². The summed E-state index contributed by atoms with van der Waals surface area (Å²) >= 11 is 0. The van der Waals surface area contributed by atoms with Gasteiger partial charge in [-0.2, -0.15) is 0 Å². The first-order chi connectivity index (χ1) is 14.8. The van der Waals surface area contributed by atoms with E-state index in [2.05, 4.69) is 4.90 Å². The predicted octanol–water partition coefficient (Wildman–Crippen LogP) is -0.687. The van der Waals surface area contributed by atoms with Crippen molar-refractivity contribution in [2.24, 2.45) is 0 Å². The van der Waals surface area contributed by atoms with E-state index in [0.29, 0.717) is 16.6 Å². The number of carboxylic acids is 1. The monoisotopic (exact) mass is 450 g/mol. The van der Waals surface area contributed by atoms with Gasteiger partial charge < -0.3 is 19.4 Å². The maximum Gasteiger partial charge on any atom is 1.00 e. The number of rotatable bonds is 9. The van der Waals surface area contributed by atoms with E-state index in [4.69, 9.17) is 0 Å². The number of fused-ring (bicyclic) bond motifs is 1. The van der Waals surface area contributed by atoms with Gasteiger partial charge in [-0.15, -0.1) is 0 Å². The number of hydrogen-bond acceptors (Lipinski definition) is 4. The Morgan fingerprint density at radius 1 is 1.06 bits per heavy atom. The second-order valence-electron chi connectivity index (χ2n) is 7.93. The van der Waals surface area contributed by atoms with Crippen molar-refractivity contribution >= 4 is 16.9 Å². The molecular weight excluding hydrogens is 425 g/mol. The zero-order chi connectivity index (χ0) is 22.5. The predicted molar refractivity (Wildman–Crippen MR) is 114 cm³/mol. The molecule has 0 aliphatic rings. The van der Waals surface area contributed by atoms with E-state index >= 15 is 0 Å². The fraction of sp³-hybridized carbons (Fsp3) is 0.333. The van der Waals surface area contributed by atoms with Crippen LogP contribution in [0.4, 0.5) is 8.78 Å². The smallest absolute Gasteiger partial charge is 0.548 e. The summed E-state index contributed by atoms with van der Waals surface area (Å²) in [5.74, 6) is -3.16. The van der Waals surface area contributed by atoms with E-state index in [9.17, 15) is 23.5 Å². The molecule has 32 heavy (non-hydrogen) atoms. The molecular formula is C24H25F2N2NaO3. The summed E-state index contributed by atoms with van der Waals surface area (Å²) in [4.78, 5) is 26.2. The molecule has 1 aromatic heterocycles. The molecule has 0 bridgehead atoms. The van der Waals surface area contributed by atoms with E-state index in [1.807, 2.05) is 26.2 Å². The van der Waals surface area contributed by atoms with Gasteiger partial charge in [-0.25, -0.2) is 8.78 Å². The molecule has 0 N–H and O–H groups in total. The van der Waals surface area contributed by atoms with Gasteiger partial charge in [0.15, 0.2) is 17.1 Å². The largest absolute Gasteiger partial charge is 1.00 e. The number of halogens is 2. The SMILES string of the molecule is CN(C)CCCc1ccc2c(=O)cc(CCc3cccc(F)c3F)n(CC(=O)[O-])c2c1.[Na+]. The van der Waals surface area contributed by atoms with Crippen molar-refractivity contribution in [3.8, 4) is 0 Å². The molecule has 5 nitrogen and oxygen atoms in total. The summed E-state index contributed by atoms with van der Waals surface area (Å²) < 4.78 is 29.1. The average molecular weight is 450 g/mol. The summed E-state index contributed by atoms with van der Waals surface area (Å²) in [6.07, 6.45) is 2.02. The van der Waals surface area contributed by atoms with Gasteiger partial charge in [-0.3, -0.25) is 4.79 Å². The third-order valence-corrected chi connectivity index (χ3v) is 5.30. The first-order valence-corrected chi connectivity index (χ1v) is 10.2. The molecule has 0 fully saturated rings. The van der Waals surface area contributed by atoms with E-state index in [0.717, 1.165) is 31.0 Å². The number of carboxylic acid groups (broad SMARTS) is 1. The van der Waals surface area contributed by atoms with Gasteiger partial charge in [0, 0.05) is 17.1 Å². The minimum absolute atomic E-state index is 0. The Kier molecular flexibility index (Phi) is 9.58. The Balaban J connectivity index is 0.00000363. The van der Waals surface area contributed by atoms with Crippen LogP contribution >= 0.6 is 0 Å². The fourth-order valence-corrected chi connectivity index (χ4v) is 3.75. The summed E-state index contributed by atoms with van der Waals surface area (Å²) in [6, 6.07) is 10.7. The van der Waals surface area contributed by atoms with Gasteiger partial charge in [-0.05, 0) is 75.6 Å². The first kappa shape index (κ1) is 26.2. The molecule has 0 radical (unpaired) electrons. The van der Waals surface area contributed by atoms with Gasteiger partial charge >= 0.3 is 29.6 Å². The molecule has 0 saturated heterocycles. The standard InChI is InChI=1S/C24H26F2N2O3.Na/c1-27(2)12-4-5-16-8-11-19-21(13-16)28(15-23(30)31)18(14-22(19)29)10-9-17-6-3-7-20(25)24(17)26;/h3,6-8,11,13-14H,4-5,9-10,12,15H2,1-2H3,(H,30,31);/q;+1/p-1. The van der Waals surface area contributed by atoms with Gasteiger partial charge in [0.2, 0.25) is 0 Å². The van der Waals surface area contributed by atoms with Crippen molar-refractivity contribution < 1.29 is 48.2 Å². The number of aryl methyl sites for hydroxylation is 3. The molecule has 1 heterocycles. The average Bonchev–Trinajstić information content (AvgIpc) is 2.71. The topological polar surface area (TPSA) is 65.4 Å². The van der Waals surface area contributed by atoms with Gasteiger partial charge in [0.05, 0.1) is 18.0 Å². The third kappa shape index (κ3) is 6.48. The van der Waals surface area contributed by atoms with E-state index < -0.39 is 24.1 Å². The number of carbonyl (C=O) groups is 1. The number of nitrogens with zero attached hydrogens (tertiary/aromatic N) is 2. The minimum atomic E-state index is -1.29. The number of carbonyl (C=O) groups excluding carboxylic acids is 1. The maximum atomic E-state index is 14.0. The molecule has 0 amide bonds. The molecule has 3 rings (SSSR count). The van der Waals surface area contributed by atoms with Crippen molar-refractivity contribution in [2.45, 2.75) is 32.2 Å². The summed E-state index contributed by atoms with van der Waals surface area (Å²) in [7, 11) is 3.98. The molecule has 0 aliphatic carbocycles. The number of hydrogen-bond donors (Lipinski definition) is 0. The van der Waals surface area contributed by atoms with Crippen molar-refractivity contribution in [1.82, 2.24) is 9.47 Å². The molecule has 0 unspecified atom stereocenters. The van der Waals surface area contributed by atoms with Crippen LogP contribution in [-0.4, -0.2) is 36.1 Å². The molecule has 0 saturated carbocycles. The Morgan fingerprint density at radius 3 is 2.50 bits per heavy atom. The van der Waals surface area contributed by atoms with E-state index in [-0.39, 0.29) is 53.4 Å². The Hall–Kier alpha value is -2.06. The molecule has 3 aromatic rings. The van der Waals surface area contributed by atoms with Crippen molar-refractivity contribution in [3.63, 3.8) is 0 Å². The van der Waals surface area contributed by atoms with Crippen LogP contribution < -0.4 is 40.1 Å². The molecule has 0 aliphatic heterocycles. The van der Waals surface area contributed by atoms with Crippen LogP contribution in [0.1, 0.15) is 23.2 Å². The molecule has 0 atom stereocenters. The van der Waals surface area contributed by atoms with Crippen LogP contribution in [0.5, 0.6) is 0 Å². The quantitative estimate of drug-likeness (QED) is 0.405. The van der Waals surface area contributed by atoms with Crippen molar-refractivity contribution in [1.29, 1.82) is 0 Å². The van der Waals surface area contributed by atoms with Crippen LogP contribution in [0.3, 0.4) is 0 Å². The zero-order valence-electron chi connectivity index (χ0n) is 18.7. The maximum absolute atomic E-state index is 14.0. The minimum Gasteiger partial charge on any atom is -0.548 e. The molecule has 2 aromatic carbocycles. The van der Waals surface area contributed by atoms with Gasteiger partial charge in [0.1, 0.15) is 0 Å². The van der Waals surface area contributed by atoms with Crippen LogP contribution in [-0.2, 0) is 30.6 Å². The second kappa shape index (κ2) is 11.7. The van der Waals surface area contributed by atoms with E-state index in [1.165, 1.54) is 22.8 Å². The fourth-order valence-electron chi connectivity index (χ4n) is 3.75. The van der Waals surface area contributed by atoms with Crippen molar-refractivity contribution in [3.05, 3.63) is 81.1 Å². The van der Waals surface area contributed by atoms with Crippen molar-refractivity contribution in [2.75, 3.05) is 20.6 Å². The van der Waals surface area contributed by atoms with Crippen LogP contribution in [0.15, 0.2) is 47.3 Å².